The van der Waals surface area contributed by atoms with E-state index in [1.54, 1.807) is 0 Å². The third kappa shape index (κ3) is 8.09. The highest BCUT2D eigenvalue weighted by Crippen LogP contribution is 2.48. The predicted octanol–water partition coefficient (Wildman–Crippen LogP) is 23.7. The van der Waals surface area contributed by atoms with Crippen LogP contribution in [0.25, 0.3) is 198 Å². The van der Waals surface area contributed by atoms with Crippen LogP contribution in [0, 0.1) is 45.3 Å². The smallest absolute Gasteiger partial charge is 0.101 e. The second-order valence-corrected chi connectivity index (χ2v) is 27.6. The van der Waals surface area contributed by atoms with E-state index < -0.39 is 0 Å². The maximum absolute atomic E-state index is 11.0. The SMILES string of the molecule is N#Cc1cc(-n2c3ccccc3c3cc4c(cc32)c2ccccc2n4-c2ccccc2)c(-n2c3ccccc3c3cc4c(cc32)c2ccccc2n4-c2cccc(-c3ccc4c(ccc5c4c4ccccc4n5-c4cc(C#N)c(C#N)cc4-n4c5ccccc5c5c6ccccc6ccc54)c3)c2)cc1C#N. The molecule has 106 heavy (non-hydrogen) atoms. The first-order valence-corrected chi connectivity index (χ1v) is 35.4. The Balaban J connectivity index is 0.709. The molecular formula is C96H52N10. The number of aromatic nitrogens is 6. The van der Waals surface area contributed by atoms with Gasteiger partial charge >= 0.3 is 0 Å². The van der Waals surface area contributed by atoms with Crippen LogP contribution in [-0.2, 0) is 0 Å². The first-order chi connectivity index (χ1) is 52.4. The highest BCUT2D eigenvalue weighted by atomic mass is 15.1. The first kappa shape index (κ1) is 58.6. The van der Waals surface area contributed by atoms with Gasteiger partial charge in [0.25, 0.3) is 0 Å². The molecule has 0 amide bonds. The van der Waals surface area contributed by atoms with E-state index in [2.05, 4.69) is 343 Å². The van der Waals surface area contributed by atoms with Gasteiger partial charge in [0.2, 0.25) is 0 Å². The summed E-state index contributed by atoms with van der Waals surface area (Å²) in [5.41, 5.74) is 20.7. The molecule has 22 aromatic rings. The van der Waals surface area contributed by atoms with Crippen LogP contribution in [0.4, 0.5) is 0 Å². The normalized spacial score (nSPS) is 11.9. The number of fused-ring (bicyclic) bond motifs is 22. The molecule has 10 heteroatoms. The fourth-order valence-electron chi connectivity index (χ4n) is 17.8. The van der Waals surface area contributed by atoms with E-state index in [1.165, 1.54) is 0 Å². The summed E-state index contributed by atoms with van der Waals surface area (Å²) in [5.74, 6) is 0. The van der Waals surface area contributed by atoms with Gasteiger partial charge in [0.05, 0.1) is 111 Å². The number of nitriles is 4. The number of benzene rings is 16. The molecule has 0 spiro atoms. The average molecular weight is 1350 g/mol. The second kappa shape index (κ2) is 22.1. The van der Waals surface area contributed by atoms with Crippen LogP contribution in [0.3, 0.4) is 0 Å². The van der Waals surface area contributed by atoms with Gasteiger partial charge in [-0.15, -0.1) is 0 Å². The van der Waals surface area contributed by atoms with Crippen LogP contribution >= 0.6 is 0 Å². The lowest BCUT2D eigenvalue weighted by Crippen LogP contribution is -2.05. The van der Waals surface area contributed by atoms with Crippen LogP contribution in [0.1, 0.15) is 22.3 Å². The van der Waals surface area contributed by atoms with Crippen molar-refractivity contribution in [2.75, 3.05) is 0 Å². The van der Waals surface area contributed by atoms with Crippen LogP contribution in [-0.4, -0.2) is 27.4 Å². The molecule has 0 unspecified atom stereocenters. The lowest BCUT2D eigenvalue weighted by Gasteiger charge is -2.18. The Morgan fingerprint density at radius 1 is 0.179 bits per heavy atom. The van der Waals surface area contributed by atoms with Crippen molar-refractivity contribution >= 4 is 152 Å². The summed E-state index contributed by atoms with van der Waals surface area (Å²) in [6, 6.07) is 121. The number of para-hydroxylation sites is 7. The zero-order valence-corrected chi connectivity index (χ0v) is 56.5. The van der Waals surface area contributed by atoms with Crippen molar-refractivity contribution in [2.45, 2.75) is 0 Å². The molecule has 0 radical (unpaired) electrons. The average Bonchev–Trinajstić information content (AvgIpc) is 1.55. The number of hydrogen-bond acceptors (Lipinski definition) is 4. The highest BCUT2D eigenvalue weighted by Gasteiger charge is 2.28. The van der Waals surface area contributed by atoms with Gasteiger partial charge in [0.15, 0.2) is 0 Å². The van der Waals surface area contributed by atoms with E-state index in [4.69, 9.17) is 0 Å². The number of rotatable bonds is 7. The fraction of sp³-hybridized carbons (Fsp3) is 0. The molecule has 0 saturated carbocycles. The third-order valence-electron chi connectivity index (χ3n) is 22.3. The minimum absolute atomic E-state index is 0.293. The minimum atomic E-state index is 0.293. The summed E-state index contributed by atoms with van der Waals surface area (Å²) in [4.78, 5) is 0. The van der Waals surface area contributed by atoms with E-state index in [0.29, 0.717) is 22.3 Å². The summed E-state index contributed by atoms with van der Waals surface area (Å²) in [7, 11) is 0. The molecule has 0 saturated heterocycles. The fourth-order valence-corrected chi connectivity index (χ4v) is 17.8. The van der Waals surface area contributed by atoms with Gasteiger partial charge in [0.1, 0.15) is 24.3 Å². The van der Waals surface area contributed by atoms with Crippen molar-refractivity contribution in [3.8, 4) is 69.5 Å². The van der Waals surface area contributed by atoms with Gasteiger partial charge < -0.3 is 27.4 Å². The molecule has 0 fully saturated rings. The van der Waals surface area contributed by atoms with Crippen molar-refractivity contribution in [1.29, 1.82) is 21.0 Å². The molecular weight excluding hydrogens is 1290 g/mol. The summed E-state index contributed by atoms with van der Waals surface area (Å²) < 4.78 is 13.9. The van der Waals surface area contributed by atoms with Gasteiger partial charge in [-0.3, -0.25) is 0 Å². The minimum Gasteiger partial charge on any atom is -0.309 e. The number of nitrogens with zero attached hydrogens (tertiary/aromatic N) is 10. The molecule has 6 heterocycles. The number of hydrogen-bond donors (Lipinski definition) is 0. The van der Waals surface area contributed by atoms with Gasteiger partial charge in [-0.2, -0.15) is 21.0 Å². The zero-order valence-electron chi connectivity index (χ0n) is 56.5. The topological polar surface area (TPSA) is 125 Å². The molecule has 0 atom stereocenters. The van der Waals surface area contributed by atoms with Crippen LogP contribution in [0.5, 0.6) is 0 Å². The highest BCUT2D eigenvalue weighted by molar-refractivity contribution is 6.25. The van der Waals surface area contributed by atoms with Crippen LogP contribution in [0.15, 0.2) is 315 Å². The maximum atomic E-state index is 11.0. The summed E-state index contributed by atoms with van der Waals surface area (Å²) in [5, 5.41) is 60.9. The molecule has 0 aliphatic rings. The van der Waals surface area contributed by atoms with E-state index in [1.807, 2.05) is 24.3 Å². The maximum Gasteiger partial charge on any atom is 0.101 e. The molecule has 0 N–H and O–H groups in total. The third-order valence-corrected chi connectivity index (χ3v) is 22.3. The van der Waals surface area contributed by atoms with E-state index in [9.17, 15) is 21.0 Å². The molecule has 486 valence electrons. The largest absolute Gasteiger partial charge is 0.309 e. The van der Waals surface area contributed by atoms with Crippen molar-refractivity contribution in [2.24, 2.45) is 0 Å². The lowest BCUT2D eigenvalue weighted by molar-refractivity contribution is 1.09. The van der Waals surface area contributed by atoms with E-state index >= 15 is 0 Å². The second-order valence-electron chi connectivity index (χ2n) is 27.6. The Bertz CT molecular complexity index is 7890. The Labute approximate surface area is 604 Å². The van der Waals surface area contributed by atoms with Crippen molar-refractivity contribution in [3.63, 3.8) is 0 Å². The Morgan fingerprint density at radius 3 is 0.943 bits per heavy atom. The van der Waals surface area contributed by atoms with Crippen molar-refractivity contribution in [1.82, 2.24) is 27.4 Å². The zero-order chi connectivity index (χ0) is 70.2. The summed E-state index contributed by atoms with van der Waals surface area (Å²) in [6.07, 6.45) is 0. The first-order valence-electron chi connectivity index (χ1n) is 35.4. The van der Waals surface area contributed by atoms with Crippen LogP contribution < -0.4 is 0 Å². The van der Waals surface area contributed by atoms with E-state index in [-0.39, 0.29) is 0 Å². The van der Waals surface area contributed by atoms with Crippen molar-refractivity contribution in [3.05, 3.63) is 338 Å². The van der Waals surface area contributed by atoms with E-state index in [0.717, 1.165) is 198 Å². The lowest BCUT2D eigenvalue weighted by atomic mass is 9.98. The Hall–Kier alpha value is -15.2. The monoisotopic (exact) mass is 1340 g/mol. The van der Waals surface area contributed by atoms with Crippen LogP contribution in [0.2, 0.25) is 0 Å². The Kier molecular flexibility index (Phi) is 12.2. The summed E-state index contributed by atoms with van der Waals surface area (Å²) >= 11 is 0. The molecule has 0 aliphatic carbocycles. The molecule has 0 bridgehead atoms. The predicted molar refractivity (Wildman–Crippen MR) is 432 cm³/mol. The standard InChI is InChI=1S/C96H52N10/c97-53-61-45-91(103-83-35-16-10-29-73(83)95-67-24-5-4-19-57(67)38-41-85(95)103)92(46-62(61)54-98)104-84-36-17-11-30-74(84)96-68-40-37-59(43-60(68)39-42-86(96)104)58-20-18-23-66(44-58)102-80-32-13-7-26-70(80)76-52-90-78(50-88(76)102)72-28-9-15-34-82(72)106(90)94-48-64(56-100)63(55-99)47-93(94)105-81-33-14-8-27-71(81)77-49-87-75(51-89(77)105)69-25-6-12-31-79(69)101(87)65-21-2-1-3-22-65/h1-52H. The van der Waals surface area contributed by atoms with Gasteiger partial charge in [-0.25, -0.2) is 0 Å². The van der Waals surface area contributed by atoms with Gasteiger partial charge in [-0.1, -0.05) is 188 Å². The Morgan fingerprint density at radius 2 is 0.500 bits per heavy atom. The quantitative estimate of drug-likeness (QED) is 0.158. The van der Waals surface area contributed by atoms with Gasteiger partial charge in [-0.05, 0) is 160 Å². The summed E-state index contributed by atoms with van der Waals surface area (Å²) in [6.45, 7) is 0. The molecule has 16 aromatic carbocycles. The molecule has 10 nitrogen and oxygen atoms in total. The molecule has 0 aliphatic heterocycles. The van der Waals surface area contributed by atoms with Crippen molar-refractivity contribution < 1.29 is 0 Å². The molecule has 22 rings (SSSR count). The molecule has 6 aromatic heterocycles. The van der Waals surface area contributed by atoms with Gasteiger partial charge in [0, 0.05) is 76.0 Å².